The van der Waals surface area contributed by atoms with Crippen molar-refractivity contribution in [2.24, 2.45) is 5.92 Å². The van der Waals surface area contributed by atoms with Gasteiger partial charge in [0.15, 0.2) is 0 Å². The van der Waals surface area contributed by atoms with E-state index in [2.05, 4.69) is 22.2 Å². The van der Waals surface area contributed by atoms with E-state index in [1.54, 1.807) is 0 Å². The third-order valence-electron chi connectivity index (χ3n) is 4.28. The first kappa shape index (κ1) is 14.3. The molecule has 4 nitrogen and oxygen atoms in total. The minimum atomic E-state index is 0.915. The Hall–Kier alpha value is -0.160. The molecule has 2 aliphatic rings. The number of nitrogens with zero attached hydrogens (tertiary/aromatic N) is 2. The molecule has 0 aromatic rings. The predicted octanol–water partition coefficient (Wildman–Crippen LogP) is 0.640. The van der Waals surface area contributed by atoms with Crippen molar-refractivity contribution >= 4 is 0 Å². The normalized spacial score (nSPS) is 23.7. The van der Waals surface area contributed by atoms with Gasteiger partial charge in [-0.25, -0.2) is 0 Å². The van der Waals surface area contributed by atoms with E-state index in [1.165, 1.54) is 52.0 Å². The van der Waals surface area contributed by atoms with Gasteiger partial charge in [-0.1, -0.05) is 0 Å². The van der Waals surface area contributed by atoms with E-state index in [-0.39, 0.29) is 0 Å². The molecule has 0 saturated carbocycles. The van der Waals surface area contributed by atoms with Crippen molar-refractivity contribution in [3.8, 4) is 0 Å². The maximum Gasteiger partial charge on any atom is 0.0594 e. The maximum atomic E-state index is 5.37. The quantitative estimate of drug-likeness (QED) is 0.754. The summed E-state index contributed by atoms with van der Waals surface area (Å²) in [7, 11) is 2.27. The molecule has 1 N–H and O–H groups in total. The smallest absolute Gasteiger partial charge is 0.0594 e. The van der Waals surface area contributed by atoms with E-state index in [0.717, 1.165) is 32.2 Å². The summed E-state index contributed by atoms with van der Waals surface area (Å²) in [6.07, 6.45) is 4.12. The number of hydrogen-bond donors (Lipinski definition) is 1. The Bertz CT molecular complexity index is 191. The summed E-state index contributed by atoms with van der Waals surface area (Å²) < 4.78 is 5.37. The number of piperidine rings is 1. The summed E-state index contributed by atoms with van der Waals surface area (Å²) in [6.45, 7) is 10.2. The molecular formula is C14H29N3O. The molecule has 0 unspecified atom stereocenters. The molecule has 2 saturated heterocycles. The Balaban J connectivity index is 1.52. The standard InChI is InChI=1S/C14H29N3O/c1-16(7-4-14-2-5-15-6-3-14)8-9-17-10-12-18-13-11-17/h14-15H,2-13H2,1H3. The van der Waals surface area contributed by atoms with Crippen LogP contribution in [0.15, 0.2) is 0 Å². The lowest BCUT2D eigenvalue weighted by Gasteiger charge is -2.29. The summed E-state index contributed by atoms with van der Waals surface area (Å²) in [5.41, 5.74) is 0. The van der Waals surface area contributed by atoms with Crippen LogP contribution >= 0.6 is 0 Å². The van der Waals surface area contributed by atoms with Crippen LogP contribution in [0.25, 0.3) is 0 Å². The first-order valence-electron chi connectivity index (χ1n) is 7.54. The first-order valence-corrected chi connectivity index (χ1v) is 7.54. The van der Waals surface area contributed by atoms with E-state index >= 15 is 0 Å². The molecule has 0 radical (unpaired) electrons. The predicted molar refractivity (Wildman–Crippen MR) is 75.0 cm³/mol. The second kappa shape index (κ2) is 8.10. The second-order valence-corrected chi connectivity index (χ2v) is 5.74. The largest absolute Gasteiger partial charge is 0.379 e. The zero-order valence-electron chi connectivity index (χ0n) is 11.9. The lowest BCUT2D eigenvalue weighted by atomic mass is 9.94. The Kier molecular flexibility index (Phi) is 6.41. The molecule has 0 aromatic carbocycles. The molecule has 2 rings (SSSR count). The van der Waals surface area contributed by atoms with Crippen LogP contribution in [0.5, 0.6) is 0 Å². The van der Waals surface area contributed by atoms with Crippen LogP contribution in [0, 0.1) is 5.92 Å². The zero-order valence-corrected chi connectivity index (χ0v) is 11.9. The lowest BCUT2D eigenvalue weighted by molar-refractivity contribution is 0.0342. The highest BCUT2D eigenvalue weighted by molar-refractivity contribution is 4.70. The molecular weight excluding hydrogens is 226 g/mol. The van der Waals surface area contributed by atoms with Gasteiger partial charge in [-0.05, 0) is 51.9 Å². The fourth-order valence-corrected chi connectivity index (χ4v) is 2.82. The Labute approximate surface area is 112 Å². The number of nitrogens with one attached hydrogen (secondary N) is 1. The number of rotatable bonds is 6. The summed E-state index contributed by atoms with van der Waals surface area (Å²) in [4.78, 5) is 5.02. The van der Waals surface area contributed by atoms with Gasteiger partial charge >= 0.3 is 0 Å². The van der Waals surface area contributed by atoms with E-state index < -0.39 is 0 Å². The third kappa shape index (κ3) is 5.22. The molecule has 0 spiro atoms. The maximum absolute atomic E-state index is 5.37. The number of likely N-dealkylation sites (N-methyl/N-ethyl adjacent to an activating group) is 1. The number of ether oxygens (including phenoxy) is 1. The van der Waals surface area contributed by atoms with Gasteiger partial charge in [0.25, 0.3) is 0 Å². The zero-order chi connectivity index (χ0) is 12.6. The van der Waals surface area contributed by atoms with E-state index in [4.69, 9.17) is 4.74 Å². The van der Waals surface area contributed by atoms with E-state index in [0.29, 0.717) is 0 Å². The van der Waals surface area contributed by atoms with Gasteiger partial charge in [0.1, 0.15) is 0 Å². The van der Waals surface area contributed by atoms with E-state index in [1.807, 2.05) is 0 Å². The van der Waals surface area contributed by atoms with Gasteiger partial charge in [0, 0.05) is 26.2 Å². The van der Waals surface area contributed by atoms with Crippen LogP contribution in [-0.2, 0) is 4.74 Å². The van der Waals surface area contributed by atoms with Crippen molar-refractivity contribution < 1.29 is 4.74 Å². The molecule has 0 aromatic heterocycles. The number of morpholine rings is 1. The first-order chi connectivity index (χ1) is 8.84. The van der Waals surface area contributed by atoms with Crippen LogP contribution in [-0.4, -0.2) is 75.9 Å². The second-order valence-electron chi connectivity index (χ2n) is 5.74. The SMILES string of the molecule is CN(CCC1CCNCC1)CCN1CCOCC1. The van der Waals surface area contributed by atoms with Gasteiger partial charge in [-0.3, -0.25) is 4.90 Å². The van der Waals surface area contributed by atoms with Crippen molar-refractivity contribution in [3.63, 3.8) is 0 Å². The summed E-state index contributed by atoms with van der Waals surface area (Å²) in [5.74, 6) is 0.956. The highest BCUT2D eigenvalue weighted by Crippen LogP contribution is 2.15. The fraction of sp³-hybridized carbons (Fsp3) is 1.00. The highest BCUT2D eigenvalue weighted by atomic mass is 16.5. The van der Waals surface area contributed by atoms with Gasteiger partial charge in [0.2, 0.25) is 0 Å². The van der Waals surface area contributed by atoms with Crippen LogP contribution in [0.1, 0.15) is 19.3 Å². The molecule has 0 aliphatic carbocycles. The molecule has 4 heteroatoms. The Morgan fingerprint density at radius 2 is 1.89 bits per heavy atom. The van der Waals surface area contributed by atoms with Crippen molar-refractivity contribution in [2.75, 3.05) is 66.1 Å². The van der Waals surface area contributed by atoms with Gasteiger partial charge < -0.3 is 15.0 Å². The molecule has 0 atom stereocenters. The molecule has 2 heterocycles. The van der Waals surface area contributed by atoms with Crippen molar-refractivity contribution in [1.29, 1.82) is 0 Å². The summed E-state index contributed by atoms with van der Waals surface area (Å²) in [5, 5.41) is 3.44. The topological polar surface area (TPSA) is 27.7 Å². The van der Waals surface area contributed by atoms with Crippen molar-refractivity contribution in [2.45, 2.75) is 19.3 Å². The van der Waals surface area contributed by atoms with Gasteiger partial charge in [0.05, 0.1) is 13.2 Å². The molecule has 0 amide bonds. The van der Waals surface area contributed by atoms with Crippen molar-refractivity contribution in [1.82, 2.24) is 15.1 Å². The molecule has 2 aliphatic heterocycles. The average molecular weight is 255 g/mol. The monoisotopic (exact) mass is 255 g/mol. The molecule has 2 fully saturated rings. The summed E-state index contributed by atoms with van der Waals surface area (Å²) >= 11 is 0. The number of hydrogen-bond acceptors (Lipinski definition) is 4. The minimum Gasteiger partial charge on any atom is -0.379 e. The van der Waals surface area contributed by atoms with Crippen molar-refractivity contribution in [3.05, 3.63) is 0 Å². The Morgan fingerprint density at radius 1 is 1.17 bits per heavy atom. The highest BCUT2D eigenvalue weighted by Gasteiger charge is 2.14. The minimum absolute atomic E-state index is 0.915. The van der Waals surface area contributed by atoms with Crippen LogP contribution in [0.3, 0.4) is 0 Å². The van der Waals surface area contributed by atoms with Gasteiger partial charge in [-0.2, -0.15) is 0 Å². The van der Waals surface area contributed by atoms with Crippen LogP contribution < -0.4 is 5.32 Å². The average Bonchev–Trinajstić information content (AvgIpc) is 2.45. The summed E-state index contributed by atoms with van der Waals surface area (Å²) in [6, 6.07) is 0. The van der Waals surface area contributed by atoms with Crippen LogP contribution in [0.2, 0.25) is 0 Å². The third-order valence-corrected chi connectivity index (χ3v) is 4.28. The van der Waals surface area contributed by atoms with Gasteiger partial charge in [-0.15, -0.1) is 0 Å². The molecule has 18 heavy (non-hydrogen) atoms. The van der Waals surface area contributed by atoms with Crippen LogP contribution in [0.4, 0.5) is 0 Å². The fourth-order valence-electron chi connectivity index (χ4n) is 2.82. The van der Waals surface area contributed by atoms with E-state index in [9.17, 15) is 0 Å². The molecule has 0 bridgehead atoms. The Morgan fingerprint density at radius 3 is 2.61 bits per heavy atom. The molecule has 106 valence electrons. The lowest BCUT2D eigenvalue weighted by Crippen LogP contribution is -2.41.